The Morgan fingerprint density at radius 2 is 2.36 bits per heavy atom. The van der Waals surface area contributed by atoms with Gasteiger partial charge in [-0.2, -0.15) is 0 Å². The Hall–Kier alpha value is -1.12. The summed E-state index contributed by atoms with van der Waals surface area (Å²) < 4.78 is 12.9. The first-order chi connectivity index (χ1) is 5.36. The number of nitrogens with zero attached hydrogens (tertiary/aromatic N) is 1. The highest BCUT2D eigenvalue weighted by molar-refractivity contribution is 5.37. The topological polar surface area (TPSA) is 24.9 Å². The Morgan fingerprint density at radius 1 is 1.55 bits per heavy atom. The number of nitrogens with one attached hydrogen (secondary N) is 1. The Balaban J connectivity index is 2.15. The number of hydrogen-bond acceptors (Lipinski definition) is 2. The first-order valence-electron chi connectivity index (χ1n) is 3.73. The zero-order valence-corrected chi connectivity index (χ0v) is 6.05. The van der Waals surface area contributed by atoms with Gasteiger partial charge in [0.15, 0.2) is 11.6 Å². The maximum absolute atomic E-state index is 12.9. The summed E-state index contributed by atoms with van der Waals surface area (Å²) in [4.78, 5) is 3.87. The molecule has 11 heavy (non-hydrogen) atoms. The molecule has 1 N–H and O–H groups in total. The second-order valence-corrected chi connectivity index (χ2v) is 2.75. The molecule has 0 aromatic carbocycles. The highest BCUT2D eigenvalue weighted by Gasteiger charge is 2.22. The van der Waals surface area contributed by atoms with Crippen LogP contribution in [0.1, 0.15) is 12.8 Å². The monoisotopic (exact) mass is 152 g/mol. The van der Waals surface area contributed by atoms with Gasteiger partial charge in [0, 0.05) is 12.2 Å². The third-order valence-electron chi connectivity index (χ3n) is 1.68. The molecule has 2 nitrogen and oxygen atoms in total. The molecule has 1 aliphatic rings. The lowest BCUT2D eigenvalue weighted by molar-refractivity contribution is 0.624. The molecule has 2 rings (SSSR count). The average Bonchev–Trinajstić information content (AvgIpc) is 2.78. The van der Waals surface area contributed by atoms with Crippen molar-refractivity contribution in [1.29, 1.82) is 0 Å². The first kappa shape index (κ1) is 6.58. The van der Waals surface area contributed by atoms with Crippen LogP contribution in [-0.4, -0.2) is 11.0 Å². The minimum atomic E-state index is -0.264. The van der Waals surface area contributed by atoms with Crippen LogP contribution in [0.3, 0.4) is 0 Å². The van der Waals surface area contributed by atoms with Gasteiger partial charge in [-0.1, -0.05) is 0 Å². The Kier molecular flexibility index (Phi) is 1.49. The molecule has 0 saturated heterocycles. The second kappa shape index (κ2) is 2.49. The van der Waals surface area contributed by atoms with Crippen molar-refractivity contribution >= 4 is 5.82 Å². The van der Waals surface area contributed by atoms with E-state index in [0.29, 0.717) is 11.9 Å². The minimum absolute atomic E-state index is 0.264. The molecule has 1 fully saturated rings. The number of anilines is 1. The second-order valence-electron chi connectivity index (χ2n) is 2.75. The van der Waals surface area contributed by atoms with Crippen LogP contribution < -0.4 is 5.32 Å². The molecule has 0 aliphatic heterocycles. The van der Waals surface area contributed by atoms with Gasteiger partial charge in [-0.3, -0.25) is 0 Å². The summed E-state index contributed by atoms with van der Waals surface area (Å²) in [7, 11) is 0. The van der Waals surface area contributed by atoms with Gasteiger partial charge in [0.1, 0.15) is 0 Å². The van der Waals surface area contributed by atoms with E-state index in [9.17, 15) is 4.39 Å². The SMILES string of the molecule is Fc1cccnc1NC1CC1. The van der Waals surface area contributed by atoms with Crippen LogP contribution in [0.5, 0.6) is 0 Å². The van der Waals surface area contributed by atoms with E-state index in [1.807, 2.05) is 0 Å². The van der Waals surface area contributed by atoms with E-state index in [0.717, 1.165) is 12.8 Å². The van der Waals surface area contributed by atoms with Crippen LogP contribution in [0.2, 0.25) is 0 Å². The average molecular weight is 152 g/mol. The normalized spacial score (nSPS) is 16.5. The van der Waals surface area contributed by atoms with E-state index in [4.69, 9.17) is 0 Å². The molecule has 1 aromatic heterocycles. The van der Waals surface area contributed by atoms with E-state index >= 15 is 0 Å². The van der Waals surface area contributed by atoms with Crippen molar-refractivity contribution in [1.82, 2.24) is 4.98 Å². The molecule has 0 bridgehead atoms. The van der Waals surface area contributed by atoms with Crippen molar-refractivity contribution in [2.75, 3.05) is 5.32 Å². The van der Waals surface area contributed by atoms with E-state index < -0.39 is 0 Å². The fraction of sp³-hybridized carbons (Fsp3) is 0.375. The van der Waals surface area contributed by atoms with Gasteiger partial charge < -0.3 is 5.32 Å². The number of rotatable bonds is 2. The Morgan fingerprint density at radius 3 is 3.00 bits per heavy atom. The molecule has 1 saturated carbocycles. The first-order valence-corrected chi connectivity index (χ1v) is 3.73. The van der Waals surface area contributed by atoms with Crippen molar-refractivity contribution in [3.63, 3.8) is 0 Å². The maximum Gasteiger partial charge on any atom is 0.165 e. The van der Waals surface area contributed by atoms with E-state index in [-0.39, 0.29) is 5.82 Å². The summed E-state index contributed by atoms with van der Waals surface area (Å²) in [6.07, 6.45) is 3.86. The molecule has 1 aromatic rings. The maximum atomic E-state index is 12.9. The molecule has 0 amide bonds. The number of aromatic nitrogens is 1. The lowest BCUT2D eigenvalue weighted by Gasteiger charge is -2.02. The van der Waals surface area contributed by atoms with Gasteiger partial charge >= 0.3 is 0 Å². The predicted octanol–water partition coefficient (Wildman–Crippen LogP) is 1.79. The lowest BCUT2D eigenvalue weighted by Crippen LogP contribution is -2.04. The van der Waals surface area contributed by atoms with Crippen LogP contribution in [-0.2, 0) is 0 Å². The van der Waals surface area contributed by atoms with Crippen LogP contribution in [0.25, 0.3) is 0 Å². The predicted molar refractivity (Wildman–Crippen MR) is 40.8 cm³/mol. The quantitative estimate of drug-likeness (QED) is 0.698. The van der Waals surface area contributed by atoms with Crippen molar-refractivity contribution in [3.8, 4) is 0 Å². The Bertz CT molecular complexity index is 258. The molecule has 0 radical (unpaired) electrons. The molecule has 0 atom stereocenters. The standard InChI is InChI=1S/C8H9FN2/c9-7-2-1-5-10-8(7)11-6-3-4-6/h1-2,5-6H,3-4H2,(H,10,11). The molecule has 1 aliphatic carbocycles. The fourth-order valence-electron chi connectivity index (χ4n) is 0.913. The van der Waals surface area contributed by atoms with Crippen molar-refractivity contribution in [2.24, 2.45) is 0 Å². The molecular formula is C8H9FN2. The summed E-state index contributed by atoms with van der Waals surface area (Å²) in [5.41, 5.74) is 0. The smallest absolute Gasteiger partial charge is 0.165 e. The summed E-state index contributed by atoms with van der Waals surface area (Å²) in [5.74, 6) is 0.120. The van der Waals surface area contributed by atoms with Gasteiger partial charge in [-0.05, 0) is 25.0 Å². The lowest BCUT2D eigenvalue weighted by atomic mass is 10.4. The number of pyridine rings is 1. The third-order valence-corrected chi connectivity index (χ3v) is 1.68. The third kappa shape index (κ3) is 1.48. The molecule has 58 valence electrons. The summed E-state index contributed by atoms with van der Waals surface area (Å²) in [5, 5.41) is 3.00. The van der Waals surface area contributed by atoms with Crippen LogP contribution >= 0.6 is 0 Å². The number of halogens is 1. The summed E-state index contributed by atoms with van der Waals surface area (Å²) in [6.45, 7) is 0. The van der Waals surface area contributed by atoms with Gasteiger partial charge in [-0.25, -0.2) is 9.37 Å². The zero-order chi connectivity index (χ0) is 7.68. The molecule has 0 unspecified atom stereocenters. The van der Waals surface area contributed by atoms with Gasteiger partial charge in [-0.15, -0.1) is 0 Å². The highest BCUT2D eigenvalue weighted by Crippen LogP contribution is 2.24. The molecule has 1 heterocycles. The summed E-state index contributed by atoms with van der Waals surface area (Å²) >= 11 is 0. The van der Waals surface area contributed by atoms with Crippen molar-refractivity contribution in [2.45, 2.75) is 18.9 Å². The fourth-order valence-corrected chi connectivity index (χ4v) is 0.913. The van der Waals surface area contributed by atoms with Crippen LogP contribution in [0, 0.1) is 5.82 Å². The zero-order valence-electron chi connectivity index (χ0n) is 6.05. The Labute approximate surface area is 64.5 Å². The summed E-state index contributed by atoms with van der Waals surface area (Å²) in [6, 6.07) is 3.46. The van der Waals surface area contributed by atoms with E-state index in [2.05, 4.69) is 10.3 Å². The van der Waals surface area contributed by atoms with E-state index in [1.54, 1.807) is 12.3 Å². The van der Waals surface area contributed by atoms with Gasteiger partial charge in [0.2, 0.25) is 0 Å². The minimum Gasteiger partial charge on any atom is -0.365 e. The van der Waals surface area contributed by atoms with Crippen molar-refractivity contribution in [3.05, 3.63) is 24.1 Å². The van der Waals surface area contributed by atoms with Gasteiger partial charge in [0.25, 0.3) is 0 Å². The molecule has 0 spiro atoms. The largest absolute Gasteiger partial charge is 0.365 e. The highest BCUT2D eigenvalue weighted by atomic mass is 19.1. The van der Waals surface area contributed by atoms with Crippen LogP contribution in [0.4, 0.5) is 10.2 Å². The molecule has 3 heteroatoms. The van der Waals surface area contributed by atoms with Crippen molar-refractivity contribution < 1.29 is 4.39 Å². The van der Waals surface area contributed by atoms with Gasteiger partial charge in [0.05, 0.1) is 0 Å². The number of hydrogen-bond donors (Lipinski definition) is 1. The van der Waals surface area contributed by atoms with E-state index in [1.165, 1.54) is 6.07 Å². The van der Waals surface area contributed by atoms with Crippen LogP contribution in [0.15, 0.2) is 18.3 Å². The molecular weight excluding hydrogens is 143 g/mol.